The summed E-state index contributed by atoms with van der Waals surface area (Å²) in [6, 6.07) is 14.8. The molecule has 10 heteroatoms. The summed E-state index contributed by atoms with van der Waals surface area (Å²) in [4.78, 5) is 41.2. The normalized spacial score (nSPS) is 20.3. The monoisotopic (exact) mass is 495 g/mol. The minimum atomic E-state index is -0.463. The smallest absolute Gasteiger partial charge is 0.231 e. The molecule has 1 N–H and O–H groups in total. The SMILES string of the molecule is Cc1ccc(N2CC(C(=O)Nc3nnc(C4CC(=O)N(c5ccc(Cl)cc5)C4)s3)CC2=O)cc1. The molecular weight excluding hydrogens is 474 g/mol. The lowest BCUT2D eigenvalue weighted by Gasteiger charge is -2.16. The fourth-order valence-electron chi connectivity index (χ4n) is 4.26. The largest absolute Gasteiger partial charge is 0.312 e. The second kappa shape index (κ2) is 9.15. The highest BCUT2D eigenvalue weighted by Gasteiger charge is 2.36. The number of carbonyl (C=O) groups is 3. The minimum Gasteiger partial charge on any atom is -0.312 e. The van der Waals surface area contributed by atoms with E-state index in [-0.39, 0.29) is 30.1 Å². The Kier molecular flexibility index (Phi) is 6.05. The predicted molar refractivity (Wildman–Crippen MR) is 131 cm³/mol. The van der Waals surface area contributed by atoms with Crippen molar-refractivity contribution < 1.29 is 14.4 Å². The topological polar surface area (TPSA) is 95.5 Å². The first-order chi connectivity index (χ1) is 16.4. The van der Waals surface area contributed by atoms with Crippen molar-refractivity contribution in [2.24, 2.45) is 5.92 Å². The van der Waals surface area contributed by atoms with Crippen molar-refractivity contribution in [1.29, 1.82) is 0 Å². The lowest BCUT2D eigenvalue weighted by Crippen LogP contribution is -2.28. The van der Waals surface area contributed by atoms with Crippen LogP contribution in [0.4, 0.5) is 16.5 Å². The number of nitrogens with zero attached hydrogens (tertiary/aromatic N) is 4. The molecule has 3 heterocycles. The molecule has 0 spiro atoms. The number of amides is 3. The van der Waals surface area contributed by atoms with Gasteiger partial charge in [0.1, 0.15) is 5.01 Å². The van der Waals surface area contributed by atoms with E-state index in [0.717, 1.165) is 16.9 Å². The van der Waals surface area contributed by atoms with Crippen molar-refractivity contribution in [1.82, 2.24) is 10.2 Å². The first kappa shape index (κ1) is 22.5. The molecule has 8 nitrogen and oxygen atoms in total. The first-order valence-electron chi connectivity index (χ1n) is 10.9. The van der Waals surface area contributed by atoms with Crippen molar-refractivity contribution >= 4 is 57.2 Å². The van der Waals surface area contributed by atoms with Crippen LogP contribution in [0.1, 0.15) is 29.3 Å². The highest BCUT2D eigenvalue weighted by Crippen LogP contribution is 2.35. The van der Waals surface area contributed by atoms with E-state index in [1.54, 1.807) is 21.9 Å². The molecule has 1 aromatic heterocycles. The van der Waals surface area contributed by atoms with Gasteiger partial charge in [-0.25, -0.2) is 0 Å². The third-order valence-electron chi connectivity index (χ3n) is 6.12. The maximum atomic E-state index is 12.8. The molecule has 2 aromatic carbocycles. The van der Waals surface area contributed by atoms with Gasteiger partial charge < -0.3 is 15.1 Å². The second-order valence-corrected chi connectivity index (χ2v) is 10.0. The average Bonchev–Trinajstić information content (AvgIpc) is 3.54. The van der Waals surface area contributed by atoms with E-state index >= 15 is 0 Å². The summed E-state index contributed by atoms with van der Waals surface area (Å²) in [7, 11) is 0. The molecule has 3 aromatic rings. The van der Waals surface area contributed by atoms with E-state index in [9.17, 15) is 14.4 Å². The van der Waals surface area contributed by atoms with Gasteiger partial charge in [0.05, 0.1) is 5.92 Å². The number of halogens is 1. The summed E-state index contributed by atoms with van der Waals surface area (Å²) in [6.07, 6.45) is 0.479. The minimum absolute atomic E-state index is 0.00812. The van der Waals surface area contributed by atoms with Gasteiger partial charge in [-0.3, -0.25) is 14.4 Å². The first-order valence-corrected chi connectivity index (χ1v) is 12.1. The molecule has 2 atom stereocenters. The van der Waals surface area contributed by atoms with Crippen LogP contribution in [0.5, 0.6) is 0 Å². The van der Waals surface area contributed by atoms with Gasteiger partial charge in [0.2, 0.25) is 22.9 Å². The Labute approximate surface area is 205 Å². The summed E-state index contributed by atoms with van der Waals surface area (Å²) in [5.41, 5.74) is 2.69. The zero-order valence-electron chi connectivity index (χ0n) is 18.4. The quantitative estimate of drug-likeness (QED) is 0.577. The van der Waals surface area contributed by atoms with Crippen LogP contribution in [-0.2, 0) is 14.4 Å². The van der Waals surface area contributed by atoms with E-state index in [0.29, 0.717) is 34.7 Å². The van der Waals surface area contributed by atoms with Crippen molar-refractivity contribution in [2.45, 2.75) is 25.7 Å². The van der Waals surface area contributed by atoms with Crippen LogP contribution in [0.15, 0.2) is 48.5 Å². The lowest BCUT2D eigenvalue weighted by atomic mass is 10.1. The Balaban J connectivity index is 1.21. The van der Waals surface area contributed by atoms with Crippen LogP contribution in [0, 0.1) is 12.8 Å². The summed E-state index contributed by atoms with van der Waals surface area (Å²) < 4.78 is 0. The summed E-state index contributed by atoms with van der Waals surface area (Å²) in [5, 5.41) is 12.8. The van der Waals surface area contributed by atoms with Crippen LogP contribution in [0.25, 0.3) is 0 Å². The molecule has 5 rings (SSSR count). The number of hydrogen-bond acceptors (Lipinski definition) is 6. The van der Waals surface area contributed by atoms with Crippen molar-refractivity contribution in [3.8, 4) is 0 Å². The third kappa shape index (κ3) is 4.53. The highest BCUT2D eigenvalue weighted by molar-refractivity contribution is 7.15. The van der Waals surface area contributed by atoms with E-state index in [1.165, 1.54) is 11.3 Å². The number of nitrogens with one attached hydrogen (secondary N) is 1. The zero-order valence-corrected chi connectivity index (χ0v) is 20.0. The molecule has 0 bridgehead atoms. The van der Waals surface area contributed by atoms with Crippen LogP contribution in [0.2, 0.25) is 5.02 Å². The molecule has 0 saturated carbocycles. The number of aromatic nitrogens is 2. The maximum absolute atomic E-state index is 12.8. The Morgan fingerprint density at radius 3 is 2.26 bits per heavy atom. The van der Waals surface area contributed by atoms with Gasteiger partial charge in [-0.1, -0.05) is 40.6 Å². The van der Waals surface area contributed by atoms with Gasteiger partial charge in [0, 0.05) is 48.2 Å². The Morgan fingerprint density at radius 1 is 0.941 bits per heavy atom. The molecular formula is C24H22ClN5O3S. The number of aryl methyl sites for hydroxylation is 1. The molecule has 174 valence electrons. The van der Waals surface area contributed by atoms with E-state index in [1.807, 2.05) is 43.3 Å². The third-order valence-corrected chi connectivity index (χ3v) is 7.38. The van der Waals surface area contributed by atoms with Crippen molar-refractivity contribution in [2.75, 3.05) is 28.2 Å². The van der Waals surface area contributed by atoms with E-state index in [2.05, 4.69) is 15.5 Å². The molecule has 2 aliphatic rings. The van der Waals surface area contributed by atoms with Gasteiger partial charge in [-0.2, -0.15) is 0 Å². The number of hydrogen-bond donors (Lipinski definition) is 1. The predicted octanol–water partition coefficient (Wildman–Crippen LogP) is 4.01. The number of anilines is 3. The van der Waals surface area contributed by atoms with Gasteiger partial charge in [-0.15, -0.1) is 10.2 Å². The number of rotatable bonds is 5. The zero-order chi connectivity index (χ0) is 23.8. The van der Waals surface area contributed by atoms with E-state index in [4.69, 9.17) is 11.6 Å². The molecule has 2 saturated heterocycles. The average molecular weight is 496 g/mol. The molecule has 3 amide bonds. The Hall–Kier alpha value is -3.30. The highest BCUT2D eigenvalue weighted by atomic mass is 35.5. The van der Waals surface area contributed by atoms with Crippen molar-refractivity contribution in [3.05, 3.63) is 64.1 Å². The fourth-order valence-corrected chi connectivity index (χ4v) is 5.22. The molecule has 0 aliphatic carbocycles. The second-order valence-electron chi connectivity index (χ2n) is 8.56. The van der Waals surface area contributed by atoms with Gasteiger partial charge in [-0.05, 0) is 43.3 Å². The van der Waals surface area contributed by atoms with Crippen LogP contribution >= 0.6 is 22.9 Å². The fraction of sp³-hybridized carbons (Fsp3) is 0.292. The molecule has 2 fully saturated rings. The maximum Gasteiger partial charge on any atom is 0.231 e. The molecule has 0 radical (unpaired) electrons. The Bertz CT molecular complexity index is 1240. The van der Waals surface area contributed by atoms with Gasteiger partial charge >= 0.3 is 0 Å². The summed E-state index contributed by atoms with van der Waals surface area (Å²) in [5.74, 6) is -0.885. The lowest BCUT2D eigenvalue weighted by molar-refractivity contribution is -0.122. The number of benzene rings is 2. The summed E-state index contributed by atoms with van der Waals surface area (Å²) in [6.45, 7) is 2.80. The molecule has 34 heavy (non-hydrogen) atoms. The standard InChI is InChI=1S/C24H22ClN5O3S/c1-14-2-6-18(7-3-14)29-12-15(10-20(29)31)22(33)26-24-28-27-23(34-24)16-11-21(32)30(13-16)19-8-4-17(25)5-9-19/h2-9,15-16H,10-13H2,1H3,(H,26,28,33). The number of carbonyl (C=O) groups excluding carboxylic acids is 3. The Morgan fingerprint density at radius 2 is 1.56 bits per heavy atom. The van der Waals surface area contributed by atoms with Crippen LogP contribution in [0.3, 0.4) is 0 Å². The van der Waals surface area contributed by atoms with Gasteiger partial charge in [0.15, 0.2) is 0 Å². The van der Waals surface area contributed by atoms with E-state index < -0.39 is 5.92 Å². The van der Waals surface area contributed by atoms with Crippen LogP contribution in [-0.4, -0.2) is 41.0 Å². The summed E-state index contributed by atoms with van der Waals surface area (Å²) >= 11 is 7.21. The van der Waals surface area contributed by atoms with Crippen LogP contribution < -0.4 is 15.1 Å². The molecule has 2 unspecified atom stereocenters. The molecule has 2 aliphatic heterocycles. The van der Waals surface area contributed by atoms with Gasteiger partial charge in [0.25, 0.3) is 0 Å². The van der Waals surface area contributed by atoms with Crippen molar-refractivity contribution in [3.63, 3.8) is 0 Å².